The molecule has 1 aromatic carbocycles. The highest BCUT2D eigenvalue weighted by Crippen LogP contribution is 2.36. The van der Waals surface area contributed by atoms with Crippen molar-refractivity contribution in [3.05, 3.63) is 21.1 Å². The van der Waals surface area contributed by atoms with Crippen LogP contribution in [-0.4, -0.2) is 6.61 Å². The first-order valence-electron chi connectivity index (χ1n) is 3.20. The second kappa shape index (κ2) is 4.23. The molecule has 0 saturated heterocycles. The van der Waals surface area contributed by atoms with Gasteiger partial charge in [0, 0.05) is 5.69 Å². The van der Waals surface area contributed by atoms with Gasteiger partial charge in [0.1, 0.15) is 0 Å². The summed E-state index contributed by atoms with van der Waals surface area (Å²) in [5.41, 5.74) is 5.91. The number of benzene rings is 1. The van der Waals surface area contributed by atoms with Gasteiger partial charge in [-0.2, -0.15) is 8.78 Å². The normalized spacial score (nSPS) is 10.5. The van der Waals surface area contributed by atoms with Crippen LogP contribution >= 0.6 is 31.9 Å². The van der Waals surface area contributed by atoms with Crippen molar-refractivity contribution in [3.63, 3.8) is 0 Å². The molecule has 0 amide bonds. The first-order chi connectivity index (χ1) is 6.00. The van der Waals surface area contributed by atoms with Gasteiger partial charge in [-0.15, -0.1) is 0 Å². The van der Waals surface area contributed by atoms with E-state index in [1.165, 1.54) is 12.1 Å². The van der Waals surface area contributed by atoms with Crippen LogP contribution in [0, 0.1) is 0 Å². The molecule has 0 aromatic heterocycles. The highest BCUT2D eigenvalue weighted by atomic mass is 79.9. The SMILES string of the molecule is Nc1cc(Br)c(OC(F)F)c(Br)c1. The lowest BCUT2D eigenvalue weighted by molar-refractivity contribution is -0.0508. The number of rotatable bonds is 2. The first-order valence-corrected chi connectivity index (χ1v) is 4.78. The largest absolute Gasteiger partial charge is 0.432 e. The molecule has 0 aliphatic heterocycles. The molecule has 0 radical (unpaired) electrons. The van der Waals surface area contributed by atoms with E-state index >= 15 is 0 Å². The second-order valence-electron chi connectivity index (χ2n) is 2.19. The number of hydrogen-bond acceptors (Lipinski definition) is 2. The van der Waals surface area contributed by atoms with Gasteiger partial charge in [-0.05, 0) is 44.0 Å². The van der Waals surface area contributed by atoms with E-state index in [0.29, 0.717) is 14.6 Å². The third-order valence-corrected chi connectivity index (χ3v) is 2.41. The minimum atomic E-state index is -2.85. The van der Waals surface area contributed by atoms with Gasteiger partial charge >= 0.3 is 6.61 Å². The molecule has 0 bridgehead atoms. The van der Waals surface area contributed by atoms with Gasteiger partial charge < -0.3 is 10.5 Å². The summed E-state index contributed by atoms with van der Waals surface area (Å²) in [6.07, 6.45) is 0. The molecule has 1 rings (SSSR count). The zero-order valence-electron chi connectivity index (χ0n) is 6.23. The minimum Gasteiger partial charge on any atom is -0.432 e. The molecule has 0 aliphatic rings. The van der Waals surface area contributed by atoms with Crippen molar-refractivity contribution in [2.45, 2.75) is 6.61 Å². The van der Waals surface area contributed by atoms with Crippen molar-refractivity contribution in [1.82, 2.24) is 0 Å². The van der Waals surface area contributed by atoms with Gasteiger partial charge in [0.25, 0.3) is 0 Å². The van der Waals surface area contributed by atoms with E-state index in [-0.39, 0.29) is 5.75 Å². The van der Waals surface area contributed by atoms with Gasteiger partial charge in [-0.25, -0.2) is 0 Å². The third kappa shape index (κ3) is 2.80. The van der Waals surface area contributed by atoms with Gasteiger partial charge in [-0.1, -0.05) is 0 Å². The molecule has 0 spiro atoms. The average molecular weight is 317 g/mol. The van der Waals surface area contributed by atoms with Crippen LogP contribution < -0.4 is 10.5 Å². The van der Waals surface area contributed by atoms with Crippen molar-refractivity contribution in [2.75, 3.05) is 5.73 Å². The Labute approximate surface area is 90.3 Å². The maximum atomic E-state index is 11.9. The molecule has 6 heteroatoms. The van der Waals surface area contributed by atoms with E-state index < -0.39 is 6.61 Å². The average Bonchev–Trinajstić information content (AvgIpc) is 1.96. The Morgan fingerprint density at radius 2 is 1.69 bits per heavy atom. The topological polar surface area (TPSA) is 35.2 Å². The fourth-order valence-electron chi connectivity index (χ4n) is 0.781. The summed E-state index contributed by atoms with van der Waals surface area (Å²) in [6.45, 7) is -2.85. The van der Waals surface area contributed by atoms with Crippen molar-refractivity contribution < 1.29 is 13.5 Å². The van der Waals surface area contributed by atoms with Crippen molar-refractivity contribution in [2.24, 2.45) is 0 Å². The monoisotopic (exact) mass is 315 g/mol. The summed E-state index contributed by atoms with van der Waals surface area (Å²) in [6, 6.07) is 2.98. The number of nitrogen functional groups attached to an aromatic ring is 1. The molecule has 0 unspecified atom stereocenters. The van der Waals surface area contributed by atoms with Crippen LogP contribution in [-0.2, 0) is 0 Å². The van der Waals surface area contributed by atoms with Crippen LogP contribution in [0.3, 0.4) is 0 Å². The Balaban J connectivity index is 3.06. The lowest BCUT2D eigenvalue weighted by Gasteiger charge is -2.09. The molecule has 2 nitrogen and oxygen atoms in total. The Kier molecular flexibility index (Phi) is 3.49. The Morgan fingerprint density at radius 3 is 2.08 bits per heavy atom. The van der Waals surface area contributed by atoms with E-state index in [1.54, 1.807) is 0 Å². The van der Waals surface area contributed by atoms with Crippen molar-refractivity contribution in [3.8, 4) is 5.75 Å². The smallest absolute Gasteiger partial charge is 0.387 e. The van der Waals surface area contributed by atoms with Crippen LogP contribution in [0.4, 0.5) is 14.5 Å². The predicted octanol–water partition coefficient (Wildman–Crippen LogP) is 3.40. The van der Waals surface area contributed by atoms with Crippen LogP contribution in [0.5, 0.6) is 5.75 Å². The van der Waals surface area contributed by atoms with E-state index in [2.05, 4.69) is 36.6 Å². The lowest BCUT2D eigenvalue weighted by Crippen LogP contribution is -2.03. The predicted molar refractivity (Wildman–Crippen MR) is 52.9 cm³/mol. The minimum absolute atomic E-state index is 0.0456. The van der Waals surface area contributed by atoms with Gasteiger partial charge in [-0.3, -0.25) is 0 Å². The number of hydrogen-bond donors (Lipinski definition) is 1. The first kappa shape index (κ1) is 10.7. The highest BCUT2D eigenvalue weighted by Gasteiger charge is 2.12. The maximum Gasteiger partial charge on any atom is 0.387 e. The molecule has 0 fully saturated rings. The quantitative estimate of drug-likeness (QED) is 0.849. The molecule has 0 heterocycles. The number of halogens is 4. The van der Waals surface area contributed by atoms with E-state index in [4.69, 9.17) is 5.73 Å². The van der Waals surface area contributed by atoms with Gasteiger partial charge in [0.05, 0.1) is 8.95 Å². The highest BCUT2D eigenvalue weighted by molar-refractivity contribution is 9.11. The fourth-order valence-corrected chi connectivity index (χ4v) is 2.19. The zero-order chi connectivity index (χ0) is 10.0. The summed E-state index contributed by atoms with van der Waals surface area (Å²) in [4.78, 5) is 0. The number of nitrogens with two attached hydrogens (primary N) is 1. The Morgan fingerprint density at radius 1 is 1.23 bits per heavy atom. The van der Waals surface area contributed by atoms with Crippen molar-refractivity contribution >= 4 is 37.5 Å². The van der Waals surface area contributed by atoms with E-state index in [9.17, 15) is 8.78 Å². The molecule has 2 N–H and O–H groups in total. The fraction of sp³-hybridized carbons (Fsp3) is 0.143. The summed E-state index contributed by atoms with van der Waals surface area (Å²) in [5.74, 6) is 0.0456. The summed E-state index contributed by atoms with van der Waals surface area (Å²) in [5, 5.41) is 0. The number of alkyl halides is 2. The van der Waals surface area contributed by atoms with Crippen molar-refractivity contribution in [1.29, 1.82) is 0 Å². The van der Waals surface area contributed by atoms with Gasteiger partial charge in [0.15, 0.2) is 5.75 Å². The summed E-state index contributed by atoms with van der Waals surface area (Å²) in [7, 11) is 0. The summed E-state index contributed by atoms with van der Waals surface area (Å²) < 4.78 is 28.8. The van der Waals surface area contributed by atoms with Crippen LogP contribution in [0.2, 0.25) is 0 Å². The van der Waals surface area contributed by atoms with E-state index in [1.807, 2.05) is 0 Å². The zero-order valence-corrected chi connectivity index (χ0v) is 9.40. The molecule has 0 aliphatic carbocycles. The molecule has 72 valence electrons. The van der Waals surface area contributed by atoms with Crippen LogP contribution in [0.1, 0.15) is 0 Å². The summed E-state index contributed by atoms with van der Waals surface area (Å²) >= 11 is 6.12. The Hall–Kier alpha value is -0.360. The third-order valence-electron chi connectivity index (χ3n) is 1.23. The molecular formula is C7H5Br2F2NO. The molecule has 0 atom stereocenters. The van der Waals surface area contributed by atoms with E-state index in [0.717, 1.165) is 0 Å². The molecule has 1 aromatic rings. The standard InChI is InChI=1S/C7H5Br2F2NO/c8-4-1-3(12)2-5(9)6(4)13-7(10)11/h1-2,7H,12H2. The second-order valence-corrected chi connectivity index (χ2v) is 3.90. The van der Waals surface area contributed by atoms with Gasteiger partial charge in [0.2, 0.25) is 0 Å². The van der Waals surface area contributed by atoms with Crippen LogP contribution in [0.25, 0.3) is 0 Å². The molecule has 0 saturated carbocycles. The van der Waals surface area contributed by atoms with Crippen LogP contribution in [0.15, 0.2) is 21.1 Å². The molecule has 13 heavy (non-hydrogen) atoms. The lowest BCUT2D eigenvalue weighted by atomic mass is 10.3. The number of ether oxygens (including phenoxy) is 1. The Bertz CT molecular complexity index is 296. The number of anilines is 1. The maximum absolute atomic E-state index is 11.9. The molecular weight excluding hydrogens is 312 g/mol.